The minimum Gasteiger partial charge on any atom is -0.376 e. The molecule has 0 saturated carbocycles. The Hall–Kier alpha value is -2.62. The van der Waals surface area contributed by atoms with Crippen LogP contribution in [0.4, 0.5) is 4.39 Å². The highest BCUT2D eigenvalue weighted by Crippen LogP contribution is 2.29. The lowest BCUT2D eigenvalue weighted by Gasteiger charge is -2.35. The third kappa shape index (κ3) is 4.92. The van der Waals surface area contributed by atoms with E-state index < -0.39 is 15.8 Å². The van der Waals surface area contributed by atoms with Crippen molar-refractivity contribution >= 4 is 10.0 Å². The number of hydrogen-bond donors (Lipinski definition) is 0. The van der Waals surface area contributed by atoms with E-state index in [0.717, 1.165) is 5.56 Å². The molecule has 0 spiro atoms. The predicted octanol–water partition coefficient (Wildman–Crippen LogP) is 2.90. The van der Waals surface area contributed by atoms with E-state index in [0.29, 0.717) is 31.3 Å². The number of halogens is 1. The van der Waals surface area contributed by atoms with Gasteiger partial charge in [-0.1, -0.05) is 53.7 Å². The summed E-state index contributed by atoms with van der Waals surface area (Å²) < 4.78 is 50.9. The van der Waals surface area contributed by atoms with Crippen molar-refractivity contribution in [3.8, 4) is 0 Å². The van der Waals surface area contributed by atoms with E-state index in [9.17, 15) is 12.8 Å². The van der Waals surface area contributed by atoms with Crippen LogP contribution in [0.1, 0.15) is 28.8 Å². The molecule has 2 heterocycles. The van der Waals surface area contributed by atoms with E-state index in [4.69, 9.17) is 9.26 Å². The van der Waals surface area contributed by atoms with Crippen molar-refractivity contribution in [2.75, 3.05) is 19.7 Å². The first-order valence-electron chi connectivity index (χ1n) is 9.66. The second kappa shape index (κ2) is 9.03. The number of nitrogens with zero attached hydrogens (tertiary/aromatic N) is 3. The molecule has 9 heteroatoms. The highest BCUT2D eigenvalue weighted by atomic mass is 32.2. The van der Waals surface area contributed by atoms with Gasteiger partial charge in [0.1, 0.15) is 5.82 Å². The van der Waals surface area contributed by atoms with Crippen LogP contribution in [-0.4, -0.2) is 42.6 Å². The predicted molar refractivity (Wildman–Crippen MR) is 107 cm³/mol. The van der Waals surface area contributed by atoms with E-state index in [1.807, 2.05) is 30.3 Å². The lowest BCUT2D eigenvalue weighted by atomic mass is 10.0. The average molecular weight is 431 g/mol. The van der Waals surface area contributed by atoms with Gasteiger partial charge >= 0.3 is 0 Å². The van der Waals surface area contributed by atoms with Crippen LogP contribution in [0.2, 0.25) is 0 Å². The number of aromatic nitrogens is 2. The first-order valence-corrected chi connectivity index (χ1v) is 11.3. The molecule has 2 aromatic carbocycles. The molecule has 7 nitrogen and oxygen atoms in total. The molecular formula is C21H22FN3O4S. The summed E-state index contributed by atoms with van der Waals surface area (Å²) in [4.78, 5) is 4.35. The Morgan fingerprint density at radius 3 is 2.60 bits per heavy atom. The van der Waals surface area contributed by atoms with Crippen LogP contribution in [0.5, 0.6) is 0 Å². The monoisotopic (exact) mass is 431 g/mol. The van der Waals surface area contributed by atoms with Crippen molar-refractivity contribution in [2.24, 2.45) is 0 Å². The normalized spacial score (nSPS) is 15.2. The first-order chi connectivity index (χ1) is 14.5. The molecule has 0 radical (unpaired) electrons. The van der Waals surface area contributed by atoms with Crippen LogP contribution >= 0.6 is 0 Å². The molecule has 0 bridgehead atoms. The van der Waals surface area contributed by atoms with Crippen molar-refractivity contribution in [3.05, 3.63) is 83.3 Å². The van der Waals surface area contributed by atoms with Gasteiger partial charge in [-0.05, 0) is 11.6 Å². The van der Waals surface area contributed by atoms with Crippen LogP contribution in [0, 0.1) is 5.82 Å². The zero-order valence-electron chi connectivity index (χ0n) is 16.3. The molecule has 1 aliphatic heterocycles. The molecule has 0 aliphatic carbocycles. The molecule has 30 heavy (non-hydrogen) atoms. The lowest BCUT2D eigenvalue weighted by molar-refractivity contribution is 0.122. The van der Waals surface area contributed by atoms with Crippen LogP contribution < -0.4 is 0 Å². The summed E-state index contributed by atoms with van der Waals surface area (Å²) in [5.74, 6) is -0.0718. The summed E-state index contributed by atoms with van der Waals surface area (Å²) in [5, 5.41) is 3.95. The van der Waals surface area contributed by atoms with Gasteiger partial charge in [-0.25, -0.2) is 12.8 Å². The van der Waals surface area contributed by atoms with E-state index >= 15 is 0 Å². The number of ether oxygens (including phenoxy) is 1. The molecule has 0 atom stereocenters. The average Bonchev–Trinajstić information content (AvgIpc) is 3.15. The molecular weight excluding hydrogens is 409 g/mol. The molecule has 0 N–H and O–H groups in total. The zero-order chi connectivity index (χ0) is 21.0. The summed E-state index contributed by atoms with van der Waals surface area (Å²) in [7, 11) is -3.59. The number of benzene rings is 2. The highest BCUT2D eigenvalue weighted by Gasteiger charge is 2.39. The summed E-state index contributed by atoms with van der Waals surface area (Å²) >= 11 is 0. The molecule has 158 valence electrons. The van der Waals surface area contributed by atoms with E-state index in [2.05, 4.69) is 10.1 Å². The maximum atomic E-state index is 13.7. The van der Waals surface area contributed by atoms with E-state index in [1.54, 1.807) is 6.07 Å². The van der Waals surface area contributed by atoms with Gasteiger partial charge < -0.3 is 9.26 Å². The van der Waals surface area contributed by atoms with Crippen molar-refractivity contribution in [3.63, 3.8) is 0 Å². The third-order valence-electron chi connectivity index (χ3n) is 4.95. The maximum absolute atomic E-state index is 13.7. The van der Waals surface area contributed by atoms with Gasteiger partial charge in [0.25, 0.3) is 0 Å². The Labute approximate surface area is 174 Å². The highest BCUT2D eigenvalue weighted by molar-refractivity contribution is 7.88. The second-order valence-corrected chi connectivity index (χ2v) is 9.17. The minimum atomic E-state index is -3.59. The van der Waals surface area contributed by atoms with Crippen molar-refractivity contribution in [2.45, 2.75) is 24.7 Å². The van der Waals surface area contributed by atoms with Gasteiger partial charge in [-0.2, -0.15) is 9.29 Å². The van der Waals surface area contributed by atoms with Gasteiger partial charge in [0.2, 0.25) is 15.9 Å². The fourth-order valence-electron chi connectivity index (χ4n) is 3.19. The minimum absolute atomic E-state index is 0.146. The molecule has 1 aliphatic rings. The summed E-state index contributed by atoms with van der Waals surface area (Å²) in [5.41, 5.74) is 1.26. The van der Waals surface area contributed by atoms with Crippen molar-refractivity contribution in [1.82, 2.24) is 14.4 Å². The fraction of sp³-hybridized carbons (Fsp3) is 0.333. The number of sulfonamides is 1. The van der Waals surface area contributed by atoms with Gasteiger partial charge in [0.15, 0.2) is 5.82 Å². The Morgan fingerprint density at radius 2 is 1.83 bits per heavy atom. The van der Waals surface area contributed by atoms with Crippen LogP contribution in [0.3, 0.4) is 0 Å². The first kappa shape index (κ1) is 20.6. The second-order valence-electron chi connectivity index (χ2n) is 7.20. The largest absolute Gasteiger partial charge is 0.376 e. The van der Waals surface area contributed by atoms with Crippen LogP contribution in [-0.2, 0) is 33.5 Å². The lowest BCUT2D eigenvalue weighted by Crippen LogP contribution is -2.48. The van der Waals surface area contributed by atoms with Gasteiger partial charge in [-0.15, -0.1) is 0 Å². The maximum Gasteiger partial charge on any atom is 0.232 e. The van der Waals surface area contributed by atoms with Gasteiger partial charge in [0, 0.05) is 25.1 Å². The van der Waals surface area contributed by atoms with Crippen LogP contribution in [0.25, 0.3) is 0 Å². The topological polar surface area (TPSA) is 85.5 Å². The Morgan fingerprint density at radius 1 is 1.10 bits per heavy atom. The summed E-state index contributed by atoms with van der Waals surface area (Å²) in [6.45, 7) is 1.48. The Bertz CT molecular complexity index is 1080. The van der Waals surface area contributed by atoms with Gasteiger partial charge in [-0.3, -0.25) is 0 Å². The van der Waals surface area contributed by atoms with E-state index in [1.165, 1.54) is 22.5 Å². The standard InChI is InChI=1S/C21H22FN3O4S/c22-19-9-5-4-8-17(19)15-30(26,27)25-12-18(13-25)21-23-20(24-29-21)10-11-28-14-16-6-2-1-3-7-16/h1-9,18H,10-15H2. The molecule has 1 aromatic heterocycles. The molecule has 4 rings (SSSR count). The molecule has 3 aromatic rings. The Kier molecular flexibility index (Phi) is 6.21. The molecule has 0 amide bonds. The summed E-state index contributed by atoms with van der Waals surface area (Å²) in [6.07, 6.45) is 0.512. The third-order valence-corrected chi connectivity index (χ3v) is 6.71. The van der Waals surface area contributed by atoms with Gasteiger partial charge in [0.05, 0.1) is 24.9 Å². The van der Waals surface area contributed by atoms with E-state index in [-0.39, 0.29) is 30.3 Å². The quantitative estimate of drug-likeness (QED) is 0.485. The van der Waals surface area contributed by atoms with Crippen LogP contribution in [0.15, 0.2) is 59.1 Å². The summed E-state index contributed by atoms with van der Waals surface area (Å²) in [6, 6.07) is 15.8. The smallest absolute Gasteiger partial charge is 0.232 e. The molecule has 1 fully saturated rings. The Balaban J connectivity index is 1.24. The van der Waals surface area contributed by atoms with Crippen molar-refractivity contribution < 1.29 is 22.1 Å². The van der Waals surface area contributed by atoms with Crippen molar-refractivity contribution in [1.29, 1.82) is 0 Å². The molecule has 0 unspecified atom stereocenters. The number of rotatable bonds is 9. The molecule has 1 saturated heterocycles. The zero-order valence-corrected chi connectivity index (χ0v) is 17.1. The fourth-order valence-corrected chi connectivity index (χ4v) is 4.81. The SMILES string of the molecule is O=S(=O)(Cc1ccccc1F)N1CC(c2nc(CCOCc3ccccc3)no2)C1. The number of hydrogen-bond acceptors (Lipinski definition) is 6.